The van der Waals surface area contributed by atoms with Crippen molar-refractivity contribution >= 4 is 35.1 Å². The van der Waals surface area contributed by atoms with Crippen molar-refractivity contribution in [2.45, 2.75) is 25.0 Å². The maximum atomic E-state index is 13.0. The number of hydrogen-bond donors (Lipinski definition) is 2. The first-order valence-corrected chi connectivity index (χ1v) is 12.4. The Morgan fingerprint density at radius 2 is 1.84 bits per heavy atom. The van der Waals surface area contributed by atoms with Crippen LogP contribution >= 0.6 is 23.2 Å². The van der Waals surface area contributed by atoms with Gasteiger partial charge >= 0.3 is 5.97 Å². The molecule has 1 aliphatic heterocycles. The molecule has 0 saturated carbocycles. The molecule has 0 aliphatic carbocycles. The molecule has 2 heterocycles. The smallest absolute Gasteiger partial charge is 0.326 e. The van der Waals surface area contributed by atoms with Crippen LogP contribution in [0.5, 0.6) is 5.75 Å². The molecule has 1 amide bonds. The van der Waals surface area contributed by atoms with Crippen molar-refractivity contribution in [3.63, 3.8) is 0 Å². The molecule has 9 nitrogen and oxygen atoms in total. The summed E-state index contributed by atoms with van der Waals surface area (Å²) in [5.41, 5.74) is 1.36. The van der Waals surface area contributed by atoms with Gasteiger partial charge in [0.1, 0.15) is 12.1 Å². The summed E-state index contributed by atoms with van der Waals surface area (Å²) in [4.78, 5) is 39.7. The predicted molar refractivity (Wildman–Crippen MR) is 140 cm³/mol. The number of hydrogen-bond acceptors (Lipinski definition) is 6. The van der Waals surface area contributed by atoms with Crippen LogP contribution in [0.15, 0.2) is 53.5 Å². The normalized spacial score (nSPS) is 16.4. The molecule has 2 N–H and O–H groups in total. The summed E-state index contributed by atoms with van der Waals surface area (Å²) < 4.78 is 7.38. The van der Waals surface area contributed by atoms with Gasteiger partial charge in [-0.1, -0.05) is 53.5 Å². The number of carboxylic acid groups (broad SMARTS) is 1. The Bertz CT molecular complexity index is 1360. The highest BCUT2D eigenvalue weighted by Gasteiger charge is 2.25. The third-order valence-corrected chi connectivity index (χ3v) is 6.85. The predicted octanol–water partition coefficient (Wildman–Crippen LogP) is 3.26. The minimum absolute atomic E-state index is 0.00947. The van der Waals surface area contributed by atoms with Gasteiger partial charge in [-0.05, 0) is 36.7 Å². The second-order valence-electron chi connectivity index (χ2n) is 8.97. The summed E-state index contributed by atoms with van der Waals surface area (Å²) in [5.74, 6) is -1.48. The topological polar surface area (TPSA) is 114 Å². The SMILES string of the molecule is CN1CCC(Oc2cnn(C)c(=O)c2-c2ccc(C[C@H](NC(=O)c3c(Cl)cccc3Cl)C(=O)O)cc2)C1. The van der Waals surface area contributed by atoms with Gasteiger partial charge in [0.25, 0.3) is 11.5 Å². The van der Waals surface area contributed by atoms with Crippen LogP contribution in [0.3, 0.4) is 0 Å². The summed E-state index contributed by atoms with van der Waals surface area (Å²) >= 11 is 12.2. The monoisotopic (exact) mass is 544 g/mol. The van der Waals surface area contributed by atoms with Crippen molar-refractivity contribution in [2.24, 2.45) is 7.05 Å². The van der Waals surface area contributed by atoms with Crippen LogP contribution in [0.2, 0.25) is 10.0 Å². The highest BCUT2D eigenvalue weighted by atomic mass is 35.5. The number of amides is 1. The lowest BCUT2D eigenvalue weighted by atomic mass is 10.0. The third kappa shape index (κ3) is 6.12. The molecule has 0 bridgehead atoms. The highest BCUT2D eigenvalue weighted by Crippen LogP contribution is 2.29. The largest absolute Gasteiger partial charge is 0.486 e. The van der Waals surface area contributed by atoms with E-state index in [4.69, 9.17) is 27.9 Å². The lowest BCUT2D eigenvalue weighted by Gasteiger charge is -2.18. The van der Waals surface area contributed by atoms with Crippen LogP contribution < -0.4 is 15.6 Å². The van der Waals surface area contributed by atoms with Gasteiger partial charge < -0.3 is 20.1 Å². The molecule has 2 aromatic carbocycles. The molecule has 37 heavy (non-hydrogen) atoms. The zero-order valence-corrected chi connectivity index (χ0v) is 21.8. The summed E-state index contributed by atoms with van der Waals surface area (Å²) in [7, 11) is 3.58. The molecular weight excluding hydrogens is 519 g/mol. The van der Waals surface area contributed by atoms with E-state index < -0.39 is 17.9 Å². The van der Waals surface area contributed by atoms with E-state index in [9.17, 15) is 19.5 Å². The van der Waals surface area contributed by atoms with Gasteiger partial charge in [-0.2, -0.15) is 5.10 Å². The van der Waals surface area contributed by atoms with Crippen molar-refractivity contribution in [1.29, 1.82) is 0 Å². The number of likely N-dealkylation sites (N-methyl/N-ethyl adjacent to an activating group) is 1. The summed E-state index contributed by atoms with van der Waals surface area (Å²) in [5, 5.41) is 16.6. The average Bonchev–Trinajstić information content (AvgIpc) is 3.26. The lowest BCUT2D eigenvalue weighted by molar-refractivity contribution is -0.139. The Morgan fingerprint density at radius 1 is 1.16 bits per heavy atom. The first-order valence-electron chi connectivity index (χ1n) is 11.6. The third-order valence-electron chi connectivity index (χ3n) is 6.22. The van der Waals surface area contributed by atoms with Gasteiger partial charge in [0.2, 0.25) is 0 Å². The average molecular weight is 545 g/mol. The van der Waals surface area contributed by atoms with Gasteiger partial charge in [0.05, 0.1) is 27.4 Å². The molecule has 3 aromatic rings. The van der Waals surface area contributed by atoms with Crippen molar-refractivity contribution in [3.8, 4) is 16.9 Å². The number of likely N-dealkylation sites (tertiary alicyclic amines) is 1. The fourth-order valence-corrected chi connectivity index (χ4v) is 4.81. The second-order valence-corrected chi connectivity index (χ2v) is 9.78. The second kappa shape index (κ2) is 11.3. The number of halogens is 2. The number of nitrogens with zero attached hydrogens (tertiary/aromatic N) is 3. The zero-order valence-electron chi connectivity index (χ0n) is 20.3. The first-order chi connectivity index (χ1) is 17.6. The van der Waals surface area contributed by atoms with E-state index in [1.165, 1.54) is 16.8 Å². The standard InChI is InChI=1S/C26H26Cl2N4O5/c1-31-11-10-17(14-31)37-21-13-29-32(2)25(34)22(21)16-8-6-15(7-9-16)12-20(26(35)36)30-24(33)23-18(27)4-3-5-19(23)28/h3-9,13,17,20H,10-12,14H2,1-2H3,(H,30,33)(H,35,36)/t17?,20-/m0/s1. The van der Waals surface area contributed by atoms with E-state index in [0.717, 1.165) is 19.5 Å². The first kappa shape index (κ1) is 26.7. The fourth-order valence-electron chi connectivity index (χ4n) is 4.24. The van der Waals surface area contributed by atoms with Crippen molar-refractivity contribution in [1.82, 2.24) is 20.0 Å². The summed E-state index contributed by atoms with van der Waals surface area (Å²) in [6.07, 6.45) is 2.36. The molecular formula is C26H26Cl2N4O5. The van der Waals surface area contributed by atoms with E-state index in [0.29, 0.717) is 22.4 Å². The molecule has 2 atom stereocenters. The Labute approximate surface area is 223 Å². The van der Waals surface area contributed by atoms with Crippen LogP contribution in [0.1, 0.15) is 22.3 Å². The number of aryl methyl sites for hydroxylation is 1. The van der Waals surface area contributed by atoms with Gasteiger partial charge in [0.15, 0.2) is 5.75 Å². The zero-order chi connectivity index (χ0) is 26.7. The minimum Gasteiger partial charge on any atom is -0.486 e. The molecule has 1 unspecified atom stereocenters. The molecule has 4 rings (SSSR count). The van der Waals surface area contributed by atoms with Gasteiger partial charge in [-0.25, -0.2) is 9.48 Å². The Morgan fingerprint density at radius 3 is 2.43 bits per heavy atom. The molecule has 1 aliphatic rings. The Balaban J connectivity index is 1.54. The van der Waals surface area contributed by atoms with Crippen LogP contribution in [0.25, 0.3) is 11.1 Å². The number of rotatable bonds is 8. The summed E-state index contributed by atoms with van der Waals surface area (Å²) in [6.45, 7) is 1.67. The maximum Gasteiger partial charge on any atom is 0.326 e. The van der Waals surface area contributed by atoms with Crippen molar-refractivity contribution < 1.29 is 19.4 Å². The van der Waals surface area contributed by atoms with Gasteiger partial charge in [0, 0.05) is 26.6 Å². The number of carbonyl (C=O) groups is 2. The lowest BCUT2D eigenvalue weighted by Crippen LogP contribution is -2.42. The number of nitrogens with one attached hydrogen (secondary N) is 1. The van der Waals surface area contributed by atoms with E-state index in [-0.39, 0.29) is 33.7 Å². The van der Waals surface area contributed by atoms with Crippen LogP contribution in [0, 0.1) is 0 Å². The number of aliphatic carboxylic acids is 1. The maximum absolute atomic E-state index is 13.0. The van der Waals surface area contributed by atoms with Crippen LogP contribution in [0.4, 0.5) is 0 Å². The summed E-state index contributed by atoms with van der Waals surface area (Å²) in [6, 6.07) is 10.3. The molecule has 1 aromatic heterocycles. The molecule has 194 valence electrons. The van der Waals surface area contributed by atoms with E-state index in [1.54, 1.807) is 43.6 Å². The van der Waals surface area contributed by atoms with Crippen LogP contribution in [-0.2, 0) is 18.3 Å². The van der Waals surface area contributed by atoms with Crippen LogP contribution in [-0.4, -0.2) is 63.9 Å². The van der Waals surface area contributed by atoms with Gasteiger partial charge in [-0.3, -0.25) is 9.59 Å². The molecule has 0 radical (unpaired) electrons. The van der Waals surface area contributed by atoms with E-state index >= 15 is 0 Å². The van der Waals surface area contributed by atoms with Crippen molar-refractivity contribution in [2.75, 3.05) is 20.1 Å². The molecule has 1 fully saturated rings. The number of aromatic nitrogens is 2. The fraction of sp³-hybridized carbons (Fsp3) is 0.308. The number of carboxylic acids is 1. The highest BCUT2D eigenvalue weighted by molar-refractivity contribution is 6.39. The number of ether oxygens (including phenoxy) is 1. The Hall–Kier alpha value is -3.40. The molecule has 0 spiro atoms. The molecule has 11 heteroatoms. The van der Waals surface area contributed by atoms with Crippen molar-refractivity contribution in [3.05, 3.63) is 80.2 Å². The van der Waals surface area contributed by atoms with Gasteiger partial charge in [-0.15, -0.1) is 0 Å². The minimum atomic E-state index is -1.22. The Kier molecular flexibility index (Phi) is 8.16. The van der Waals surface area contributed by atoms with E-state index in [1.807, 2.05) is 7.05 Å². The van der Waals surface area contributed by atoms with E-state index in [2.05, 4.69) is 15.3 Å². The quantitative estimate of drug-likeness (QED) is 0.447. The number of benzene rings is 2. The number of carbonyl (C=O) groups excluding carboxylic acids is 1. The molecule has 1 saturated heterocycles.